The number of sulfonamides is 1. The summed E-state index contributed by atoms with van der Waals surface area (Å²) in [5, 5.41) is 9.01. The molecule has 2 aromatic rings. The average Bonchev–Trinajstić information content (AvgIpc) is 2.48. The Hall–Kier alpha value is -1.76. The molecule has 6 heteroatoms. The summed E-state index contributed by atoms with van der Waals surface area (Å²) < 4.78 is 40.2. The van der Waals surface area contributed by atoms with Crippen LogP contribution in [0.25, 0.3) is 0 Å². The standard InChI is InChI=1S/C15H16FNO3S/c16-14-7-6-13(11-18)10-15(14)21(19,20)17-9-8-12-4-2-1-3-5-12/h1-7,10,17-18H,8-9,11H2. The zero-order valence-corrected chi connectivity index (χ0v) is 12.1. The fourth-order valence-corrected chi connectivity index (χ4v) is 3.06. The Morgan fingerprint density at radius 3 is 2.43 bits per heavy atom. The molecule has 2 N–H and O–H groups in total. The summed E-state index contributed by atoms with van der Waals surface area (Å²) in [6.45, 7) is -0.165. The molecule has 0 unspecified atom stereocenters. The largest absolute Gasteiger partial charge is 0.392 e. The topological polar surface area (TPSA) is 66.4 Å². The van der Waals surface area contributed by atoms with Crippen molar-refractivity contribution in [2.24, 2.45) is 0 Å². The molecule has 0 fully saturated rings. The second kappa shape index (κ2) is 6.80. The fraction of sp³-hybridized carbons (Fsp3) is 0.200. The molecule has 0 atom stereocenters. The molecule has 112 valence electrons. The molecular formula is C15H16FNO3S. The first-order chi connectivity index (χ1) is 10.0. The van der Waals surface area contributed by atoms with Gasteiger partial charge in [0.25, 0.3) is 0 Å². The van der Waals surface area contributed by atoms with Gasteiger partial charge in [-0.1, -0.05) is 36.4 Å². The van der Waals surface area contributed by atoms with Crippen molar-refractivity contribution in [3.05, 3.63) is 65.5 Å². The summed E-state index contributed by atoms with van der Waals surface area (Å²) in [5.74, 6) is -0.834. The quantitative estimate of drug-likeness (QED) is 0.855. The molecule has 0 aromatic heterocycles. The average molecular weight is 309 g/mol. The van der Waals surface area contributed by atoms with E-state index in [0.717, 1.165) is 17.7 Å². The van der Waals surface area contributed by atoms with Gasteiger partial charge in [0.15, 0.2) is 0 Å². The number of nitrogens with one attached hydrogen (secondary N) is 1. The zero-order chi connectivity index (χ0) is 15.3. The summed E-state index contributed by atoms with van der Waals surface area (Å²) in [6.07, 6.45) is 0.515. The maximum absolute atomic E-state index is 13.7. The van der Waals surface area contributed by atoms with Crippen molar-refractivity contribution in [1.29, 1.82) is 0 Å². The van der Waals surface area contributed by atoms with Crippen molar-refractivity contribution in [2.75, 3.05) is 6.54 Å². The Labute approximate surface area is 123 Å². The van der Waals surface area contributed by atoms with Crippen LogP contribution in [0.3, 0.4) is 0 Å². The SMILES string of the molecule is O=S(=O)(NCCc1ccccc1)c1cc(CO)ccc1F. The Balaban J connectivity index is 2.08. The van der Waals surface area contributed by atoms with E-state index in [2.05, 4.69) is 4.72 Å². The van der Waals surface area contributed by atoms with Gasteiger partial charge in [0, 0.05) is 6.54 Å². The lowest BCUT2D eigenvalue weighted by Crippen LogP contribution is -2.27. The third-order valence-electron chi connectivity index (χ3n) is 3.02. The third kappa shape index (κ3) is 4.10. The van der Waals surface area contributed by atoms with Crippen LogP contribution < -0.4 is 4.72 Å². The molecule has 0 aliphatic heterocycles. The first-order valence-corrected chi connectivity index (χ1v) is 7.94. The number of aliphatic hydroxyl groups excluding tert-OH is 1. The summed E-state index contributed by atoms with van der Waals surface area (Å²) in [5.41, 5.74) is 1.34. The molecule has 0 radical (unpaired) electrons. The van der Waals surface area contributed by atoms with Gasteiger partial charge in [-0.3, -0.25) is 0 Å². The van der Waals surface area contributed by atoms with Crippen molar-refractivity contribution < 1.29 is 17.9 Å². The van der Waals surface area contributed by atoms with Gasteiger partial charge in [-0.15, -0.1) is 0 Å². The first-order valence-electron chi connectivity index (χ1n) is 6.46. The highest BCUT2D eigenvalue weighted by Crippen LogP contribution is 2.16. The summed E-state index contributed by atoms with van der Waals surface area (Å²) in [6, 6.07) is 12.9. The zero-order valence-electron chi connectivity index (χ0n) is 11.3. The van der Waals surface area contributed by atoms with Crippen LogP contribution in [0, 0.1) is 5.82 Å². The van der Waals surface area contributed by atoms with Gasteiger partial charge in [-0.2, -0.15) is 0 Å². The normalized spacial score (nSPS) is 11.5. The lowest BCUT2D eigenvalue weighted by Gasteiger charge is -2.09. The Kier molecular flexibility index (Phi) is 5.06. The van der Waals surface area contributed by atoms with E-state index in [1.807, 2.05) is 30.3 Å². The molecule has 21 heavy (non-hydrogen) atoms. The molecule has 0 bridgehead atoms. The minimum atomic E-state index is -3.93. The van der Waals surface area contributed by atoms with Crippen LogP contribution in [0.2, 0.25) is 0 Å². The highest BCUT2D eigenvalue weighted by Gasteiger charge is 2.19. The molecule has 0 saturated carbocycles. The minimum absolute atomic E-state index is 0.176. The van der Waals surface area contributed by atoms with Crippen molar-refractivity contribution >= 4 is 10.0 Å². The molecule has 0 heterocycles. The molecule has 4 nitrogen and oxygen atoms in total. The summed E-state index contributed by atoms with van der Waals surface area (Å²) in [4.78, 5) is -0.442. The Morgan fingerprint density at radius 2 is 1.76 bits per heavy atom. The van der Waals surface area contributed by atoms with Crippen molar-refractivity contribution in [3.63, 3.8) is 0 Å². The molecular weight excluding hydrogens is 293 g/mol. The molecule has 2 aromatic carbocycles. The van der Waals surface area contributed by atoms with E-state index in [-0.39, 0.29) is 13.2 Å². The minimum Gasteiger partial charge on any atom is -0.392 e. The highest BCUT2D eigenvalue weighted by molar-refractivity contribution is 7.89. The number of halogens is 1. The maximum Gasteiger partial charge on any atom is 0.243 e. The van der Waals surface area contributed by atoms with Crippen molar-refractivity contribution in [3.8, 4) is 0 Å². The smallest absolute Gasteiger partial charge is 0.243 e. The monoisotopic (exact) mass is 309 g/mol. The molecule has 0 amide bonds. The van der Waals surface area contributed by atoms with E-state index in [4.69, 9.17) is 5.11 Å². The summed E-state index contributed by atoms with van der Waals surface area (Å²) in [7, 11) is -3.93. The van der Waals surface area contributed by atoms with Gasteiger partial charge in [-0.05, 0) is 29.7 Å². The molecule has 0 spiro atoms. The number of aliphatic hydroxyl groups is 1. The number of hydrogen-bond donors (Lipinski definition) is 2. The van der Waals surface area contributed by atoms with Gasteiger partial charge >= 0.3 is 0 Å². The van der Waals surface area contributed by atoms with E-state index in [1.54, 1.807) is 0 Å². The fourth-order valence-electron chi connectivity index (χ4n) is 1.90. The van der Waals surface area contributed by atoms with Gasteiger partial charge < -0.3 is 5.11 Å². The van der Waals surface area contributed by atoms with Crippen molar-refractivity contribution in [2.45, 2.75) is 17.9 Å². The van der Waals surface area contributed by atoms with E-state index in [0.29, 0.717) is 12.0 Å². The number of benzene rings is 2. The molecule has 0 aliphatic carbocycles. The summed E-state index contributed by atoms with van der Waals surface area (Å²) >= 11 is 0. The Morgan fingerprint density at radius 1 is 1.05 bits per heavy atom. The van der Waals surface area contributed by atoms with Crippen LogP contribution in [0.4, 0.5) is 4.39 Å². The van der Waals surface area contributed by atoms with E-state index in [9.17, 15) is 12.8 Å². The van der Waals surface area contributed by atoms with E-state index >= 15 is 0 Å². The van der Waals surface area contributed by atoms with Crippen LogP contribution in [0.5, 0.6) is 0 Å². The van der Waals surface area contributed by atoms with E-state index in [1.165, 1.54) is 6.07 Å². The first kappa shape index (κ1) is 15.6. The van der Waals surface area contributed by atoms with Crippen LogP contribution in [-0.2, 0) is 23.1 Å². The van der Waals surface area contributed by atoms with Crippen LogP contribution >= 0.6 is 0 Å². The molecule has 0 saturated heterocycles. The van der Waals surface area contributed by atoms with E-state index < -0.39 is 20.7 Å². The van der Waals surface area contributed by atoms with Crippen molar-refractivity contribution in [1.82, 2.24) is 4.72 Å². The lowest BCUT2D eigenvalue weighted by molar-refractivity contribution is 0.281. The molecule has 0 aliphatic rings. The van der Waals surface area contributed by atoms with Crippen LogP contribution in [-0.4, -0.2) is 20.1 Å². The maximum atomic E-state index is 13.7. The van der Waals surface area contributed by atoms with Gasteiger partial charge in [0.2, 0.25) is 10.0 Å². The Bertz CT molecular complexity index is 702. The van der Waals surface area contributed by atoms with Gasteiger partial charge in [0.1, 0.15) is 10.7 Å². The second-order valence-corrected chi connectivity index (χ2v) is 6.29. The van der Waals surface area contributed by atoms with Gasteiger partial charge in [-0.25, -0.2) is 17.5 Å². The third-order valence-corrected chi connectivity index (χ3v) is 4.49. The predicted molar refractivity (Wildman–Crippen MR) is 77.7 cm³/mol. The van der Waals surface area contributed by atoms with Crippen LogP contribution in [0.15, 0.2) is 53.4 Å². The number of rotatable bonds is 6. The lowest BCUT2D eigenvalue weighted by atomic mass is 10.2. The molecule has 2 rings (SSSR count). The van der Waals surface area contributed by atoms with Crippen LogP contribution in [0.1, 0.15) is 11.1 Å². The second-order valence-electron chi connectivity index (χ2n) is 4.56. The predicted octanol–water partition coefficient (Wildman–Crippen LogP) is 1.84. The number of hydrogen-bond acceptors (Lipinski definition) is 3. The highest BCUT2D eigenvalue weighted by atomic mass is 32.2. The van der Waals surface area contributed by atoms with Gasteiger partial charge in [0.05, 0.1) is 6.61 Å².